The Balaban J connectivity index is 2.24. The van der Waals surface area contributed by atoms with Gasteiger partial charge in [-0.1, -0.05) is 91.5 Å². The number of carbonyl (C=O) groups is 1. The summed E-state index contributed by atoms with van der Waals surface area (Å²) >= 11 is 0. The van der Waals surface area contributed by atoms with Crippen LogP contribution in [-0.4, -0.2) is 37.1 Å². The highest BCUT2D eigenvalue weighted by Crippen LogP contribution is 2.34. The molecular weight excluding hydrogens is 550 g/mol. The maximum atomic E-state index is 13.7. The van der Waals surface area contributed by atoms with Crippen molar-refractivity contribution in [2.75, 3.05) is 11.3 Å². The Bertz CT molecular complexity index is 1210. The van der Waals surface area contributed by atoms with Gasteiger partial charge in [0.05, 0.1) is 6.61 Å². The van der Waals surface area contributed by atoms with E-state index in [1.54, 1.807) is 39.0 Å². The lowest BCUT2D eigenvalue weighted by molar-refractivity contribution is -0.151. The predicted octanol–water partition coefficient (Wildman–Crippen LogP) is 8.20. The van der Waals surface area contributed by atoms with Gasteiger partial charge < -0.3 is 9.47 Å². The lowest BCUT2D eigenvalue weighted by Crippen LogP contribution is -2.30. The molecule has 2 aromatic rings. The van der Waals surface area contributed by atoms with E-state index in [1.165, 1.54) is 44.9 Å². The van der Waals surface area contributed by atoms with Crippen LogP contribution in [0.3, 0.4) is 0 Å². The van der Waals surface area contributed by atoms with E-state index in [2.05, 4.69) is 42.4 Å². The van der Waals surface area contributed by atoms with Crippen LogP contribution in [0, 0.1) is 13.8 Å². The summed E-state index contributed by atoms with van der Waals surface area (Å²) in [5.41, 5.74) is 1.88. The van der Waals surface area contributed by atoms with Crippen molar-refractivity contribution in [1.29, 1.82) is 0 Å². The number of aryl methyl sites for hydroxylation is 2. The highest BCUT2D eigenvalue weighted by Gasteiger charge is 2.29. The number of nitrogens with one attached hydrogen (secondary N) is 1. The summed E-state index contributed by atoms with van der Waals surface area (Å²) in [6.45, 7) is 13.9. The third-order valence-corrected chi connectivity index (χ3v) is 9.09. The minimum absolute atomic E-state index is 0.00842. The minimum atomic E-state index is -4.15. The maximum Gasteiger partial charge on any atom is 0.347 e. The van der Waals surface area contributed by atoms with Gasteiger partial charge in [0.15, 0.2) is 6.10 Å². The van der Waals surface area contributed by atoms with E-state index in [0.29, 0.717) is 17.8 Å². The first kappa shape index (κ1) is 35.5. The summed E-state index contributed by atoms with van der Waals surface area (Å²) in [4.78, 5) is 21.3. The molecule has 1 heterocycles. The first-order valence-corrected chi connectivity index (χ1v) is 17.2. The third-order valence-electron chi connectivity index (χ3n) is 7.75. The normalized spacial score (nSPS) is 12.6. The minimum Gasteiger partial charge on any atom is -0.477 e. The summed E-state index contributed by atoms with van der Waals surface area (Å²) in [6, 6.07) is 6.92. The van der Waals surface area contributed by atoms with Crippen molar-refractivity contribution in [3.8, 4) is 5.75 Å². The smallest absolute Gasteiger partial charge is 0.347 e. The van der Waals surface area contributed by atoms with Crippen molar-refractivity contribution in [2.45, 2.75) is 142 Å². The molecule has 1 unspecified atom stereocenters. The number of anilines is 1. The zero-order valence-electron chi connectivity index (χ0n) is 26.9. The van der Waals surface area contributed by atoms with Crippen molar-refractivity contribution < 1.29 is 22.7 Å². The highest BCUT2D eigenvalue weighted by atomic mass is 32.2. The second-order valence-corrected chi connectivity index (χ2v) is 13.5. The number of aromatic nitrogens is 2. The van der Waals surface area contributed by atoms with E-state index in [-0.39, 0.29) is 28.6 Å². The van der Waals surface area contributed by atoms with Gasteiger partial charge in [0.25, 0.3) is 10.0 Å². The Hall–Kier alpha value is -2.68. The number of hydrogen-bond acceptors (Lipinski definition) is 7. The molecule has 0 fully saturated rings. The number of hydrogen-bond donors (Lipinski definition) is 1. The fourth-order valence-electron chi connectivity index (χ4n) is 4.82. The summed E-state index contributed by atoms with van der Waals surface area (Å²) in [6.07, 6.45) is 12.1. The summed E-state index contributed by atoms with van der Waals surface area (Å²) in [5.74, 6) is -0.390. The average molecular weight is 604 g/mol. The molecule has 0 aliphatic heterocycles. The summed E-state index contributed by atoms with van der Waals surface area (Å²) in [5, 5.41) is 0. The van der Waals surface area contributed by atoms with E-state index < -0.39 is 22.1 Å². The Kier molecular flexibility index (Phi) is 14.7. The first-order valence-electron chi connectivity index (χ1n) is 15.8. The van der Waals surface area contributed by atoms with Gasteiger partial charge in [0.1, 0.15) is 10.6 Å². The van der Waals surface area contributed by atoms with Gasteiger partial charge in [-0.15, -0.1) is 0 Å². The number of ether oxygens (including phenoxy) is 2. The summed E-state index contributed by atoms with van der Waals surface area (Å²) < 4.78 is 41.5. The van der Waals surface area contributed by atoms with Gasteiger partial charge in [-0.25, -0.2) is 27.9 Å². The van der Waals surface area contributed by atoms with Crippen LogP contribution in [0.15, 0.2) is 29.2 Å². The van der Waals surface area contributed by atoms with Gasteiger partial charge in [0, 0.05) is 11.4 Å². The van der Waals surface area contributed by atoms with Crippen LogP contribution in [0.2, 0.25) is 0 Å². The SMILES string of the molecule is CCCCCCCCCCCCC(Oc1ccc(C(C)(C)CC)cc1S(=O)(=O)Nc1nc(C)cc(C)n1)C(=O)OCC. The molecule has 42 heavy (non-hydrogen) atoms. The Morgan fingerprint density at radius 1 is 0.881 bits per heavy atom. The van der Waals surface area contributed by atoms with Gasteiger partial charge in [-0.3, -0.25) is 0 Å². The van der Waals surface area contributed by atoms with Gasteiger partial charge in [0.2, 0.25) is 5.95 Å². The van der Waals surface area contributed by atoms with E-state index in [4.69, 9.17) is 9.47 Å². The maximum absolute atomic E-state index is 13.7. The van der Waals surface area contributed by atoms with Crippen molar-refractivity contribution in [3.05, 3.63) is 41.2 Å². The Morgan fingerprint density at radius 2 is 1.45 bits per heavy atom. The second kappa shape index (κ2) is 17.4. The average Bonchev–Trinajstić information content (AvgIpc) is 2.92. The summed E-state index contributed by atoms with van der Waals surface area (Å²) in [7, 11) is -4.15. The molecule has 0 saturated heterocycles. The number of nitrogens with zero attached hydrogens (tertiary/aromatic N) is 2. The molecule has 0 aliphatic rings. The van der Waals surface area contributed by atoms with Crippen molar-refractivity contribution >= 4 is 21.9 Å². The number of rotatable bonds is 20. The topological polar surface area (TPSA) is 107 Å². The molecule has 1 aromatic heterocycles. The van der Waals surface area contributed by atoms with Gasteiger partial charge in [-0.2, -0.15) is 0 Å². The zero-order valence-corrected chi connectivity index (χ0v) is 27.7. The Morgan fingerprint density at radius 3 is 2.00 bits per heavy atom. The van der Waals surface area contributed by atoms with Crippen molar-refractivity contribution in [1.82, 2.24) is 9.97 Å². The number of unbranched alkanes of at least 4 members (excludes halogenated alkanes) is 9. The van der Waals surface area contributed by atoms with Crippen LogP contribution in [0.4, 0.5) is 5.95 Å². The van der Waals surface area contributed by atoms with E-state index in [1.807, 2.05) is 6.07 Å². The van der Waals surface area contributed by atoms with Crippen molar-refractivity contribution in [3.63, 3.8) is 0 Å². The molecule has 0 radical (unpaired) electrons. The second-order valence-electron chi connectivity index (χ2n) is 11.8. The van der Waals surface area contributed by atoms with Gasteiger partial charge in [-0.05, 0) is 69.2 Å². The molecule has 2 rings (SSSR count). The van der Waals surface area contributed by atoms with E-state index in [9.17, 15) is 13.2 Å². The molecular formula is C33H53N3O5S. The van der Waals surface area contributed by atoms with Crippen LogP contribution in [0.1, 0.15) is 129 Å². The molecule has 0 amide bonds. The predicted molar refractivity (Wildman–Crippen MR) is 170 cm³/mol. The van der Waals surface area contributed by atoms with E-state index in [0.717, 1.165) is 31.2 Å². The lowest BCUT2D eigenvalue weighted by Gasteiger charge is -2.26. The fraction of sp³-hybridized carbons (Fsp3) is 0.667. The molecule has 8 nitrogen and oxygen atoms in total. The van der Waals surface area contributed by atoms with Crippen LogP contribution < -0.4 is 9.46 Å². The number of sulfonamides is 1. The standard InChI is InChI=1S/C33H53N3O5S/c1-8-11-12-13-14-15-16-17-18-19-20-29(31(37)40-10-3)41-28-22-21-27(33(6,7)9-2)24-30(28)42(38,39)36-32-34-25(4)23-26(5)35-32/h21-24,29H,8-20H2,1-7H3,(H,34,35,36). The van der Waals surface area contributed by atoms with Crippen LogP contribution >= 0.6 is 0 Å². The van der Waals surface area contributed by atoms with Crippen molar-refractivity contribution in [2.24, 2.45) is 0 Å². The van der Waals surface area contributed by atoms with Crippen LogP contribution in [0.5, 0.6) is 5.75 Å². The van der Waals surface area contributed by atoms with Crippen LogP contribution in [0.25, 0.3) is 0 Å². The number of benzene rings is 1. The Labute approximate surface area is 254 Å². The first-order chi connectivity index (χ1) is 19.9. The third kappa shape index (κ3) is 11.5. The van der Waals surface area contributed by atoms with Gasteiger partial charge >= 0.3 is 5.97 Å². The molecule has 0 aliphatic carbocycles. The number of esters is 1. The molecule has 0 saturated carbocycles. The quantitative estimate of drug-likeness (QED) is 0.120. The molecule has 1 aromatic carbocycles. The monoisotopic (exact) mass is 603 g/mol. The molecule has 1 atom stereocenters. The lowest BCUT2D eigenvalue weighted by atomic mass is 9.82. The molecule has 9 heteroatoms. The van der Waals surface area contributed by atoms with Crippen LogP contribution in [-0.2, 0) is 25.0 Å². The fourth-order valence-corrected chi connectivity index (χ4v) is 5.92. The molecule has 0 spiro atoms. The molecule has 1 N–H and O–H groups in total. The number of carbonyl (C=O) groups excluding carboxylic acids is 1. The molecule has 0 bridgehead atoms. The largest absolute Gasteiger partial charge is 0.477 e. The zero-order chi connectivity index (χ0) is 31.2. The highest BCUT2D eigenvalue weighted by molar-refractivity contribution is 7.92. The van der Waals surface area contributed by atoms with E-state index >= 15 is 0 Å². The molecule has 236 valence electrons.